The summed E-state index contributed by atoms with van der Waals surface area (Å²) < 4.78 is 32.1. The first-order valence-electron chi connectivity index (χ1n) is 9.67. The number of nitrogens with zero attached hydrogens (tertiary/aromatic N) is 2. The van der Waals surface area contributed by atoms with E-state index in [-0.39, 0.29) is 34.6 Å². The minimum absolute atomic E-state index is 0.00562. The minimum atomic E-state index is -1.40. The maximum absolute atomic E-state index is 15.6. The van der Waals surface area contributed by atoms with Gasteiger partial charge in [-0.15, -0.1) is 0 Å². The monoisotopic (exact) mass is 389 g/mol. The largest absolute Gasteiger partial charge is 0.477 e. The number of piperidine rings is 1. The molecule has 3 atom stereocenters. The van der Waals surface area contributed by atoms with Gasteiger partial charge in [-0.3, -0.25) is 4.79 Å². The second-order valence-electron chi connectivity index (χ2n) is 8.29. The number of carbonyl (C=O) groups is 1. The van der Waals surface area contributed by atoms with Crippen LogP contribution in [-0.2, 0) is 0 Å². The SMILES string of the molecule is NC1CC2CCN(c3c(F)cc4c(=O)c(C(=O)O)cn(C5CC5)c4c3F)CC12. The molecule has 148 valence electrons. The van der Waals surface area contributed by atoms with Gasteiger partial charge in [0.1, 0.15) is 17.1 Å². The highest BCUT2D eigenvalue weighted by atomic mass is 19.1. The molecule has 2 heterocycles. The number of anilines is 1. The normalized spacial score (nSPS) is 26.8. The Bertz CT molecular complexity index is 1060. The zero-order valence-corrected chi connectivity index (χ0v) is 15.2. The quantitative estimate of drug-likeness (QED) is 0.842. The summed E-state index contributed by atoms with van der Waals surface area (Å²) in [5.41, 5.74) is 4.60. The molecule has 5 rings (SSSR count). The van der Waals surface area contributed by atoms with Crippen LogP contribution < -0.4 is 16.1 Å². The van der Waals surface area contributed by atoms with Crippen LogP contribution in [0.1, 0.15) is 42.1 Å². The first kappa shape index (κ1) is 17.6. The summed E-state index contributed by atoms with van der Waals surface area (Å²) in [4.78, 5) is 25.7. The van der Waals surface area contributed by atoms with E-state index in [0.717, 1.165) is 31.7 Å². The van der Waals surface area contributed by atoms with Crippen LogP contribution in [0.5, 0.6) is 0 Å². The average Bonchev–Trinajstić information content (AvgIpc) is 3.47. The van der Waals surface area contributed by atoms with Gasteiger partial charge in [0.25, 0.3) is 0 Å². The molecular weight excluding hydrogens is 368 g/mol. The van der Waals surface area contributed by atoms with Crippen LogP contribution >= 0.6 is 0 Å². The van der Waals surface area contributed by atoms with Crippen LogP contribution in [0.15, 0.2) is 17.1 Å². The minimum Gasteiger partial charge on any atom is -0.477 e. The molecule has 0 bridgehead atoms. The van der Waals surface area contributed by atoms with E-state index in [2.05, 4.69) is 0 Å². The second kappa shape index (κ2) is 6.01. The predicted octanol–water partition coefficient (Wildman–Crippen LogP) is 2.49. The van der Waals surface area contributed by atoms with Gasteiger partial charge in [0, 0.05) is 31.4 Å². The van der Waals surface area contributed by atoms with Crippen molar-refractivity contribution in [3.05, 3.63) is 39.7 Å². The van der Waals surface area contributed by atoms with Crippen LogP contribution in [0.4, 0.5) is 14.5 Å². The Kier molecular flexibility index (Phi) is 3.78. The van der Waals surface area contributed by atoms with Gasteiger partial charge in [-0.2, -0.15) is 0 Å². The molecule has 1 aromatic carbocycles. The van der Waals surface area contributed by atoms with Crippen molar-refractivity contribution in [3.63, 3.8) is 0 Å². The molecule has 0 spiro atoms. The number of rotatable bonds is 3. The molecule has 3 aliphatic rings. The van der Waals surface area contributed by atoms with E-state index in [9.17, 15) is 19.1 Å². The Morgan fingerprint density at radius 2 is 2.00 bits per heavy atom. The molecule has 1 aliphatic heterocycles. The Labute approximate surface area is 159 Å². The fourth-order valence-corrected chi connectivity index (χ4v) is 4.85. The zero-order chi connectivity index (χ0) is 19.7. The average molecular weight is 389 g/mol. The summed E-state index contributed by atoms with van der Waals surface area (Å²) in [6.07, 6.45) is 4.53. The second-order valence-corrected chi connectivity index (χ2v) is 8.29. The number of hydrogen-bond acceptors (Lipinski definition) is 4. The lowest BCUT2D eigenvalue weighted by molar-refractivity contribution is 0.0695. The fourth-order valence-electron chi connectivity index (χ4n) is 4.85. The van der Waals surface area contributed by atoms with Gasteiger partial charge in [-0.05, 0) is 43.6 Å². The summed E-state index contributed by atoms with van der Waals surface area (Å²) in [6.45, 7) is 1.03. The smallest absolute Gasteiger partial charge is 0.341 e. The standard InChI is InChI=1S/C20H21F2N3O3/c21-14-6-11-17(25(10-1-2-10)8-13(19(11)26)20(27)28)16(22)18(14)24-4-3-9-5-15(23)12(9)7-24/h6,8-10,12,15H,1-5,7,23H2,(H,27,28). The Balaban J connectivity index is 1.70. The van der Waals surface area contributed by atoms with Crippen molar-refractivity contribution >= 4 is 22.6 Å². The molecule has 1 aromatic heterocycles. The molecule has 8 heteroatoms. The van der Waals surface area contributed by atoms with Crippen molar-refractivity contribution < 1.29 is 18.7 Å². The van der Waals surface area contributed by atoms with E-state index in [1.807, 2.05) is 0 Å². The molecule has 3 N–H and O–H groups in total. The molecule has 0 amide bonds. The van der Waals surface area contributed by atoms with E-state index in [1.165, 1.54) is 10.8 Å². The number of benzene rings is 1. The van der Waals surface area contributed by atoms with Crippen molar-refractivity contribution in [2.75, 3.05) is 18.0 Å². The van der Waals surface area contributed by atoms with E-state index >= 15 is 4.39 Å². The molecule has 2 aliphatic carbocycles. The van der Waals surface area contributed by atoms with Crippen molar-refractivity contribution in [1.82, 2.24) is 4.57 Å². The predicted molar refractivity (Wildman–Crippen MR) is 99.8 cm³/mol. The third-order valence-electron chi connectivity index (χ3n) is 6.60. The molecule has 2 saturated carbocycles. The number of pyridine rings is 1. The third kappa shape index (κ3) is 2.47. The number of fused-ring (bicyclic) bond motifs is 2. The van der Waals surface area contributed by atoms with Crippen LogP contribution in [0.25, 0.3) is 10.9 Å². The maximum atomic E-state index is 15.6. The Morgan fingerprint density at radius 3 is 2.64 bits per heavy atom. The highest BCUT2D eigenvalue weighted by Crippen LogP contribution is 2.43. The summed E-state index contributed by atoms with van der Waals surface area (Å²) in [5.74, 6) is -2.28. The van der Waals surface area contributed by atoms with Gasteiger partial charge in [0.05, 0.1) is 10.9 Å². The Hall–Kier alpha value is -2.48. The molecule has 3 fully saturated rings. The zero-order valence-electron chi connectivity index (χ0n) is 15.2. The van der Waals surface area contributed by atoms with Gasteiger partial charge >= 0.3 is 5.97 Å². The van der Waals surface area contributed by atoms with Crippen LogP contribution in [0.2, 0.25) is 0 Å². The van der Waals surface area contributed by atoms with Crippen LogP contribution in [-0.4, -0.2) is 34.8 Å². The molecule has 3 unspecified atom stereocenters. The summed E-state index contributed by atoms with van der Waals surface area (Å²) in [7, 11) is 0. The number of hydrogen-bond donors (Lipinski definition) is 2. The molecule has 2 aromatic rings. The Morgan fingerprint density at radius 1 is 1.25 bits per heavy atom. The van der Waals surface area contributed by atoms with Crippen molar-refractivity contribution in [2.24, 2.45) is 17.6 Å². The number of carboxylic acids is 1. The molecule has 0 radical (unpaired) electrons. The number of carboxylic acid groups (broad SMARTS) is 1. The first-order chi connectivity index (χ1) is 13.4. The lowest BCUT2D eigenvalue weighted by atomic mass is 9.66. The van der Waals surface area contributed by atoms with Crippen molar-refractivity contribution in [2.45, 2.75) is 37.8 Å². The lowest BCUT2D eigenvalue weighted by Crippen LogP contribution is -2.57. The van der Waals surface area contributed by atoms with Crippen LogP contribution in [0.3, 0.4) is 0 Å². The van der Waals surface area contributed by atoms with E-state index in [1.54, 1.807) is 4.90 Å². The van der Waals surface area contributed by atoms with Gasteiger partial charge in [-0.1, -0.05) is 0 Å². The van der Waals surface area contributed by atoms with Gasteiger partial charge < -0.3 is 20.3 Å². The molecule has 6 nitrogen and oxygen atoms in total. The highest BCUT2D eigenvalue weighted by Gasteiger charge is 2.43. The molecule has 28 heavy (non-hydrogen) atoms. The maximum Gasteiger partial charge on any atom is 0.341 e. The van der Waals surface area contributed by atoms with E-state index in [0.29, 0.717) is 19.0 Å². The summed E-state index contributed by atoms with van der Waals surface area (Å²) >= 11 is 0. The first-order valence-corrected chi connectivity index (χ1v) is 9.67. The topological polar surface area (TPSA) is 88.6 Å². The van der Waals surface area contributed by atoms with Gasteiger partial charge in [0.2, 0.25) is 5.43 Å². The number of halogens is 2. The number of nitrogens with two attached hydrogens (primary N) is 1. The number of aromatic nitrogens is 1. The fraction of sp³-hybridized carbons (Fsp3) is 0.500. The van der Waals surface area contributed by atoms with E-state index < -0.39 is 28.6 Å². The number of aromatic carboxylic acids is 1. The van der Waals surface area contributed by atoms with Crippen molar-refractivity contribution in [3.8, 4) is 0 Å². The van der Waals surface area contributed by atoms with Gasteiger partial charge in [-0.25, -0.2) is 13.6 Å². The lowest BCUT2D eigenvalue weighted by Gasteiger charge is -2.50. The summed E-state index contributed by atoms with van der Waals surface area (Å²) in [6, 6.07) is 0.982. The highest BCUT2D eigenvalue weighted by molar-refractivity contribution is 5.94. The van der Waals surface area contributed by atoms with Crippen LogP contribution in [0, 0.1) is 23.5 Å². The van der Waals surface area contributed by atoms with Gasteiger partial charge in [0.15, 0.2) is 5.82 Å². The van der Waals surface area contributed by atoms with Crippen molar-refractivity contribution in [1.29, 1.82) is 0 Å². The third-order valence-corrected chi connectivity index (χ3v) is 6.60. The molecule has 1 saturated heterocycles. The van der Waals surface area contributed by atoms with E-state index in [4.69, 9.17) is 5.73 Å². The molecular formula is C20H21F2N3O3. The summed E-state index contributed by atoms with van der Waals surface area (Å²) in [5, 5.41) is 9.09.